The summed E-state index contributed by atoms with van der Waals surface area (Å²) in [5.41, 5.74) is 0. The number of sulfonamides is 1. The van der Waals surface area contributed by atoms with E-state index in [4.69, 9.17) is 0 Å². The summed E-state index contributed by atoms with van der Waals surface area (Å²) < 4.78 is 29.4. The number of thiophene rings is 1. The van der Waals surface area contributed by atoms with Crippen LogP contribution in [0.25, 0.3) is 4.96 Å². The number of rotatable bonds is 6. The van der Waals surface area contributed by atoms with Gasteiger partial charge in [0.15, 0.2) is 15.8 Å². The molecule has 21 heavy (non-hydrogen) atoms. The van der Waals surface area contributed by atoms with Crippen LogP contribution in [0.1, 0.15) is 11.8 Å². The van der Waals surface area contributed by atoms with Crippen molar-refractivity contribution in [1.29, 1.82) is 0 Å². The van der Waals surface area contributed by atoms with Crippen molar-refractivity contribution < 1.29 is 8.42 Å². The van der Waals surface area contributed by atoms with Gasteiger partial charge >= 0.3 is 0 Å². The Balaban J connectivity index is 1.96. The van der Waals surface area contributed by atoms with Gasteiger partial charge in [0, 0.05) is 29.5 Å². The molecule has 0 saturated heterocycles. The van der Waals surface area contributed by atoms with E-state index >= 15 is 0 Å². The number of hydrogen-bond acceptors (Lipinski definition) is 6. The molecule has 3 heterocycles. The van der Waals surface area contributed by atoms with Crippen molar-refractivity contribution in [2.75, 3.05) is 11.9 Å². The molecule has 0 aromatic carbocycles. The Labute approximate surface area is 130 Å². The fraction of sp³-hybridized carbons (Fsp3) is 0.250. The summed E-state index contributed by atoms with van der Waals surface area (Å²) in [6.45, 7) is 2.80. The molecule has 0 saturated carbocycles. The minimum Gasteiger partial charge on any atom is -0.368 e. The lowest BCUT2D eigenvalue weighted by atomic mass is 10.5. The molecule has 3 aromatic rings. The highest BCUT2D eigenvalue weighted by Gasteiger charge is 2.25. The van der Waals surface area contributed by atoms with E-state index in [9.17, 15) is 8.42 Å². The minimum atomic E-state index is -3.64. The van der Waals surface area contributed by atoms with Crippen LogP contribution in [0.15, 0.2) is 34.1 Å². The van der Waals surface area contributed by atoms with Crippen LogP contribution in [0.2, 0.25) is 0 Å². The first-order chi connectivity index (χ1) is 10.1. The molecule has 2 N–H and O–H groups in total. The highest BCUT2D eigenvalue weighted by atomic mass is 32.2. The number of thiazole rings is 1. The molecule has 0 aliphatic carbocycles. The zero-order valence-corrected chi connectivity index (χ0v) is 13.7. The van der Waals surface area contributed by atoms with Crippen LogP contribution in [0.5, 0.6) is 0 Å². The summed E-state index contributed by atoms with van der Waals surface area (Å²) >= 11 is 2.92. The monoisotopic (exact) mass is 342 g/mol. The van der Waals surface area contributed by atoms with Crippen molar-refractivity contribution in [1.82, 2.24) is 14.1 Å². The summed E-state index contributed by atoms with van der Waals surface area (Å²) in [5, 5.41) is 6.91. The Morgan fingerprint density at radius 2 is 2.19 bits per heavy atom. The van der Waals surface area contributed by atoms with E-state index in [0.29, 0.717) is 17.3 Å². The lowest BCUT2D eigenvalue weighted by Crippen LogP contribution is -2.25. The summed E-state index contributed by atoms with van der Waals surface area (Å²) in [6.07, 6.45) is 1.72. The van der Waals surface area contributed by atoms with Gasteiger partial charge in [-0.3, -0.25) is 4.40 Å². The van der Waals surface area contributed by atoms with Crippen molar-refractivity contribution >= 4 is 43.5 Å². The molecular formula is C12H14N4O2S3. The lowest BCUT2D eigenvalue weighted by Gasteiger charge is -2.07. The second kappa shape index (κ2) is 5.76. The van der Waals surface area contributed by atoms with Gasteiger partial charge in [-0.15, -0.1) is 22.7 Å². The van der Waals surface area contributed by atoms with Gasteiger partial charge in [0.1, 0.15) is 0 Å². The minimum absolute atomic E-state index is 0.164. The first kappa shape index (κ1) is 14.5. The first-order valence-corrected chi connectivity index (χ1v) is 9.57. The number of aromatic nitrogens is 2. The Kier molecular flexibility index (Phi) is 3.98. The number of fused-ring (bicyclic) bond motifs is 1. The van der Waals surface area contributed by atoms with E-state index in [2.05, 4.69) is 15.0 Å². The third kappa shape index (κ3) is 2.82. The molecule has 0 spiro atoms. The maximum absolute atomic E-state index is 12.6. The average Bonchev–Trinajstić information content (AvgIpc) is 3.12. The number of nitrogens with zero attached hydrogens (tertiary/aromatic N) is 2. The molecule has 0 aliphatic heterocycles. The molecule has 9 heteroatoms. The zero-order chi connectivity index (χ0) is 14.9. The molecule has 3 rings (SSSR count). The quantitative estimate of drug-likeness (QED) is 0.721. The van der Waals surface area contributed by atoms with E-state index in [1.807, 2.05) is 29.8 Å². The summed E-state index contributed by atoms with van der Waals surface area (Å²) in [5.74, 6) is 0.392. The molecule has 3 aromatic heterocycles. The van der Waals surface area contributed by atoms with Crippen LogP contribution >= 0.6 is 22.7 Å². The van der Waals surface area contributed by atoms with E-state index in [1.165, 1.54) is 22.7 Å². The third-order valence-electron chi connectivity index (χ3n) is 2.83. The van der Waals surface area contributed by atoms with Crippen LogP contribution in [0.4, 0.5) is 5.82 Å². The van der Waals surface area contributed by atoms with Gasteiger partial charge in [0.25, 0.3) is 10.0 Å². The van der Waals surface area contributed by atoms with Gasteiger partial charge in [-0.25, -0.2) is 18.1 Å². The molecule has 0 aliphatic rings. The van der Waals surface area contributed by atoms with E-state index in [-0.39, 0.29) is 11.6 Å². The maximum Gasteiger partial charge on any atom is 0.260 e. The fourth-order valence-corrected chi connectivity index (χ4v) is 4.72. The van der Waals surface area contributed by atoms with Crippen LogP contribution in [0.3, 0.4) is 0 Å². The van der Waals surface area contributed by atoms with Crippen molar-refractivity contribution in [3.63, 3.8) is 0 Å². The predicted octanol–water partition coefficient (Wildman–Crippen LogP) is 2.37. The highest BCUT2D eigenvalue weighted by Crippen LogP contribution is 2.25. The van der Waals surface area contributed by atoms with Gasteiger partial charge in [-0.2, -0.15) is 0 Å². The topological polar surface area (TPSA) is 75.5 Å². The number of imidazole rings is 1. The summed E-state index contributed by atoms with van der Waals surface area (Å²) in [7, 11) is -3.64. The molecule has 6 nitrogen and oxygen atoms in total. The largest absolute Gasteiger partial charge is 0.368 e. The second-order valence-corrected chi connectivity index (χ2v) is 7.84. The Hall–Kier alpha value is -1.42. The average molecular weight is 342 g/mol. The fourth-order valence-electron chi connectivity index (χ4n) is 1.95. The van der Waals surface area contributed by atoms with Gasteiger partial charge < -0.3 is 5.32 Å². The molecular weight excluding hydrogens is 328 g/mol. The van der Waals surface area contributed by atoms with Crippen LogP contribution in [-0.2, 0) is 16.6 Å². The van der Waals surface area contributed by atoms with Gasteiger partial charge in [-0.05, 0) is 18.4 Å². The highest BCUT2D eigenvalue weighted by molar-refractivity contribution is 7.89. The molecule has 0 unspecified atom stereocenters. The zero-order valence-electron chi connectivity index (χ0n) is 11.2. The molecule has 112 valence electrons. The number of hydrogen-bond donors (Lipinski definition) is 2. The molecule has 0 amide bonds. The van der Waals surface area contributed by atoms with Crippen LogP contribution in [0, 0.1) is 0 Å². The summed E-state index contributed by atoms with van der Waals surface area (Å²) in [6, 6.07) is 3.79. The third-order valence-corrected chi connectivity index (χ3v) is 5.89. The van der Waals surface area contributed by atoms with Crippen molar-refractivity contribution in [2.24, 2.45) is 0 Å². The van der Waals surface area contributed by atoms with Crippen molar-refractivity contribution in [2.45, 2.75) is 18.5 Å². The molecule has 0 radical (unpaired) electrons. The van der Waals surface area contributed by atoms with Gasteiger partial charge in [0.2, 0.25) is 0 Å². The van der Waals surface area contributed by atoms with E-state index in [1.54, 1.807) is 10.6 Å². The Morgan fingerprint density at radius 1 is 1.33 bits per heavy atom. The SMILES string of the molecule is CCNc1nc2sccn2c1S(=O)(=O)NCc1cccs1. The Bertz CT molecular complexity index is 833. The summed E-state index contributed by atoms with van der Waals surface area (Å²) in [4.78, 5) is 5.95. The smallest absolute Gasteiger partial charge is 0.260 e. The van der Waals surface area contributed by atoms with Crippen LogP contribution in [-0.4, -0.2) is 24.3 Å². The molecule has 0 atom stereocenters. The van der Waals surface area contributed by atoms with Gasteiger partial charge in [0.05, 0.1) is 0 Å². The van der Waals surface area contributed by atoms with Gasteiger partial charge in [-0.1, -0.05) is 6.07 Å². The van der Waals surface area contributed by atoms with E-state index < -0.39 is 10.0 Å². The predicted molar refractivity (Wildman–Crippen MR) is 85.6 cm³/mol. The molecule has 0 bridgehead atoms. The maximum atomic E-state index is 12.6. The molecule has 0 fully saturated rings. The first-order valence-electron chi connectivity index (χ1n) is 6.33. The number of anilines is 1. The standard InChI is InChI=1S/C12H14N4O2S3/c1-2-13-10-11(16-5-7-20-12(16)15-10)21(17,18)14-8-9-4-3-6-19-9/h3-7,13-14H,2,8H2,1H3. The normalized spacial score (nSPS) is 12.0. The van der Waals surface area contributed by atoms with E-state index in [0.717, 1.165) is 4.88 Å². The Morgan fingerprint density at radius 3 is 2.90 bits per heavy atom. The second-order valence-electron chi connectivity index (χ2n) is 4.26. The van der Waals surface area contributed by atoms with Crippen LogP contribution < -0.4 is 10.0 Å². The lowest BCUT2D eigenvalue weighted by molar-refractivity contribution is 0.577. The van der Waals surface area contributed by atoms with Crippen molar-refractivity contribution in [3.8, 4) is 0 Å². The van der Waals surface area contributed by atoms with Crippen molar-refractivity contribution in [3.05, 3.63) is 34.0 Å². The number of nitrogens with one attached hydrogen (secondary N) is 2.